The van der Waals surface area contributed by atoms with Gasteiger partial charge < -0.3 is 20.4 Å². The highest BCUT2D eigenvalue weighted by Gasteiger charge is 2.30. The molecule has 0 aliphatic carbocycles. The van der Waals surface area contributed by atoms with Crippen LogP contribution < -0.4 is 20.4 Å². The van der Waals surface area contributed by atoms with Gasteiger partial charge in [-0.2, -0.15) is 4.98 Å². The van der Waals surface area contributed by atoms with Gasteiger partial charge in [-0.25, -0.2) is 9.37 Å². The summed E-state index contributed by atoms with van der Waals surface area (Å²) in [6.45, 7) is 5.00. The lowest BCUT2D eigenvalue weighted by atomic mass is 10.00. The van der Waals surface area contributed by atoms with Gasteiger partial charge in [-0.15, -0.1) is 0 Å². The third-order valence-electron chi connectivity index (χ3n) is 6.11. The first kappa shape index (κ1) is 19.8. The molecule has 0 spiro atoms. The van der Waals surface area contributed by atoms with E-state index in [1.165, 1.54) is 0 Å². The largest absolute Gasteiger partial charge is 0.369 e. The molecule has 0 unspecified atom stereocenters. The Hall–Kier alpha value is -3.85. The second-order valence-corrected chi connectivity index (χ2v) is 8.15. The minimum atomic E-state index is -0.323. The van der Waals surface area contributed by atoms with Crippen LogP contribution in [-0.2, 0) is 0 Å². The second kappa shape index (κ2) is 8.25. The predicted octanol–water partition coefficient (Wildman–Crippen LogP) is 2.94. The van der Waals surface area contributed by atoms with Gasteiger partial charge in [0.05, 0.1) is 12.2 Å². The van der Waals surface area contributed by atoms with Gasteiger partial charge in [0.25, 0.3) is 0 Å². The predicted molar refractivity (Wildman–Crippen MR) is 129 cm³/mol. The summed E-state index contributed by atoms with van der Waals surface area (Å²) in [6.07, 6.45) is 7.38. The molecule has 0 radical (unpaired) electrons. The van der Waals surface area contributed by atoms with E-state index in [-0.39, 0.29) is 5.82 Å². The van der Waals surface area contributed by atoms with Crippen LogP contribution >= 0.6 is 0 Å². The Labute approximate surface area is 190 Å². The van der Waals surface area contributed by atoms with Crippen LogP contribution in [0.3, 0.4) is 0 Å². The van der Waals surface area contributed by atoms with Gasteiger partial charge in [0.15, 0.2) is 0 Å². The summed E-state index contributed by atoms with van der Waals surface area (Å²) in [4.78, 5) is 22.3. The Bertz CT molecular complexity index is 1250. The van der Waals surface area contributed by atoms with Gasteiger partial charge in [0.2, 0.25) is 5.95 Å². The quantitative estimate of drug-likeness (QED) is 0.643. The molecule has 3 aromatic rings. The SMILES string of the molecule is Fc1cc(N2CCNCC2)ccc1Nc1ncc2c(n1)N1CCN=C1C(c1ccncc1)=C2. The lowest BCUT2D eigenvalue weighted by molar-refractivity contribution is 0.585. The molecule has 33 heavy (non-hydrogen) atoms. The van der Waals surface area contributed by atoms with Crippen molar-refractivity contribution in [3.63, 3.8) is 0 Å². The fraction of sp³-hybridized carbons (Fsp3) is 0.250. The summed E-state index contributed by atoms with van der Waals surface area (Å²) in [5.74, 6) is 1.70. The van der Waals surface area contributed by atoms with E-state index in [9.17, 15) is 4.39 Å². The summed E-state index contributed by atoms with van der Waals surface area (Å²) < 4.78 is 14.9. The topological polar surface area (TPSA) is 81.6 Å². The normalized spacial score (nSPS) is 17.2. The van der Waals surface area contributed by atoms with Crippen molar-refractivity contribution in [2.24, 2.45) is 4.99 Å². The minimum absolute atomic E-state index is 0.323. The third kappa shape index (κ3) is 3.70. The smallest absolute Gasteiger partial charge is 0.229 e. The van der Waals surface area contributed by atoms with Gasteiger partial charge in [-0.05, 0) is 42.0 Å². The molecule has 1 fully saturated rings. The number of anilines is 4. The third-order valence-corrected chi connectivity index (χ3v) is 6.11. The average molecular weight is 443 g/mol. The molecular formula is C24H23FN8. The van der Waals surface area contributed by atoms with E-state index in [0.717, 1.165) is 66.8 Å². The molecule has 0 bridgehead atoms. The molecule has 2 aromatic heterocycles. The van der Waals surface area contributed by atoms with Crippen molar-refractivity contribution in [3.8, 4) is 0 Å². The van der Waals surface area contributed by atoms with E-state index in [1.807, 2.05) is 18.2 Å². The lowest BCUT2D eigenvalue weighted by Gasteiger charge is -2.29. The maximum absolute atomic E-state index is 14.9. The summed E-state index contributed by atoms with van der Waals surface area (Å²) >= 11 is 0. The Balaban J connectivity index is 1.29. The van der Waals surface area contributed by atoms with Crippen molar-refractivity contribution in [3.05, 3.63) is 65.9 Å². The minimum Gasteiger partial charge on any atom is -0.369 e. The number of hydrogen-bond donors (Lipinski definition) is 2. The standard InChI is InChI=1S/C24H23FN8/c25-20-14-18(32-10-7-27-8-11-32)1-2-21(20)30-24-29-15-17-13-19(16-3-5-26-6-4-16)23-28-9-12-33(23)22(17)31-24/h1-6,13-15,27H,7-12H2,(H,29,30,31). The van der Waals surface area contributed by atoms with E-state index in [2.05, 4.69) is 36.5 Å². The molecule has 0 amide bonds. The van der Waals surface area contributed by atoms with Crippen LogP contribution in [0.2, 0.25) is 0 Å². The fourth-order valence-electron chi connectivity index (χ4n) is 4.45. The molecule has 3 aliphatic heterocycles. The van der Waals surface area contributed by atoms with Crippen LogP contribution in [0.4, 0.5) is 27.5 Å². The monoisotopic (exact) mass is 442 g/mol. The van der Waals surface area contributed by atoms with Crippen LogP contribution in [0, 0.1) is 5.82 Å². The number of nitrogens with zero attached hydrogens (tertiary/aromatic N) is 6. The first-order valence-electron chi connectivity index (χ1n) is 11.1. The number of halogens is 1. The Kier molecular flexibility index (Phi) is 4.95. The zero-order valence-electron chi connectivity index (χ0n) is 18.0. The van der Waals surface area contributed by atoms with E-state index in [4.69, 9.17) is 9.98 Å². The first-order chi connectivity index (χ1) is 16.3. The molecule has 0 saturated carbocycles. The van der Waals surface area contributed by atoms with Crippen molar-refractivity contribution in [2.45, 2.75) is 0 Å². The average Bonchev–Trinajstić information content (AvgIpc) is 3.36. The number of aliphatic imine (C=N–C) groups is 1. The molecule has 8 nitrogen and oxygen atoms in total. The molecule has 9 heteroatoms. The molecule has 6 rings (SSSR count). The zero-order chi connectivity index (χ0) is 22.2. The molecular weight excluding hydrogens is 419 g/mol. The summed E-state index contributed by atoms with van der Waals surface area (Å²) in [5, 5.41) is 6.36. The van der Waals surface area contributed by atoms with Crippen molar-refractivity contribution >= 4 is 40.6 Å². The first-order valence-corrected chi connectivity index (χ1v) is 11.1. The lowest BCUT2D eigenvalue weighted by Crippen LogP contribution is -2.43. The maximum Gasteiger partial charge on any atom is 0.229 e. The number of piperazine rings is 1. The van der Waals surface area contributed by atoms with Crippen LogP contribution in [0.15, 0.2) is 53.9 Å². The van der Waals surface area contributed by atoms with Crippen molar-refractivity contribution in [2.75, 3.05) is 54.4 Å². The number of rotatable bonds is 4. The van der Waals surface area contributed by atoms with Crippen LogP contribution in [0.25, 0.3) is 11.6 Å². The summed E-state index contributed by atoms with van der Waals surface area (Å²) in [5.41, 5.74) is 4.23. The van der Waals surface area contributed by atoms with E-state index in [0.29, 0.717) is 18.2 Å². The Morgan fingerprint density at radius 2 is 1.88 bits per heavy atom. The van der Waals surface area contributed by atoms with Crippen LogP contribution in [-0.4, -0.2) is 60.1 Å². The van der Waals surface area contributed by atoms with Crippen LogP contribution in [0.1, 0.15) is 11.1 Å². The molecule has 1 saturated heterocycles. The van der Waals surface area contributed by atoms with E-state index in [1.54, 1.807) is 30.7 Å². The zero-order valence-corrected chi connectivity index (χ0v) is 18.0. The maximum atomic E-state index is 14.9. The summed E-state index contributed by atoms with van der Waals surface area (Å²) in [7, 11) is 0. The van der Waals surface area contributed by atoms with E-state index < -0.39 is 0 Å². The van der Waals surface area contributed by atoms with Crippen molar-refractivity contribution in [1.29, 1.82) is 0 Å². The fourth-order valence-corrected chi connectivity index (χ4v) is 4.45. The van der Waals surface area contributed by atoms with Crippen molar-refractivity contribution < 1.29 is 4.39 Å². The van der Waals surface area contributed by atoms with E-state index >= 15 is 0 Å². The highest BCUT2D eigenvalue weighted by atomic mass is 19.1. The number of benzene rings is 1. The Morgan fingerprint density at radius 3 is 2.70 bits per heavy atom. The molecule has 1 aromatic carbocycles. The number of amidine groups is 1. The van der Waals surface area contributed by atoms with Gasteiger partial charge >= 0.3 is 0 Å². The van der Waals surface area contributed by atoms with Crippen molar-refractivity contribution in [1.82, 2.24) is 20.3 Å². The molecule has 0 atom stereocenters. The molecule has 3 aliphatic rings. The van der Waals surface area contributed by atoms with Gasteiger partial charge in [0.1, 0.15) is 17.5 Å². The number of pyridine rings is 1. The second-order valence-electron chi connectivity index (χ2n) is 8.15. The number of fused-ring (bicyclic) bond motifs is 3. The van der Waals surface area contributed by atoms with Gasteiger partial charge in [-0.1, -0.05) is 0 Å². The molecule has 5 heterocycles. The number of aromatic nitrogens is 3. The summed E-state index contributed by atoms with van der Waals surface area (Å²) in [6, 6.07) is 9.20. The Morgan fingerprint density at radius 1 is 1.03 bits per heavy atom. The molecule has 2 N–H and O–H groups in total. The molecule has 166 valence electrons. The van der Waals surface area contributed by atoms with Gasteiger partial charge in [-0.3, -0.25) is 9.98 Å². The van der Waals surface area contributed by atoms with Crippen LogP contribution in [0.5, 0.6) is 0 Å². The highest BCUT2D eigenvalue weighted by molar-refractivity contribution is 6.35. The number of hydrogen-bond acceptors (Lipinski definition) is 8. The number of nitrogens with one attached hydrogen (secondary N) is 2. The highest BCUT2D eigenvalue weighted by Crippen LogP contribution is 2.35. The van der Waals surface area contributed by atoms with Gasteiger partial charge in [0, 0.05) is 68.1 Å².